The Bertz CT molecular complexity index is 1210. The molecule has 30 heavy (non-hydrogen) atoms. The summed E-state index contributed by atoms with van der Waals surface area (Å²) in [6, 6.07) is 4.94. The van der Waals surface area contributed by atoms with Crippen molar-refractivity contribution in [3.05, 3.63) is 47.3 Å². The number of benzene rings is 1. The lowest BCUT2D eigenvalue weighted by atomic mass is 9.90. The molecule has 0 aliphatic carbocycles. The Morgan fingerprint density at radius 1 is 1.13 bits per heavy atom. The maximum Gasteiger partial charge on any atom is 0.354 e. The smallest absolute Gasteiger partial charge is 0.305 e. The van der Waals surface area contributed by atoms with Gasteiger partial charge in [-0.05, 0) is 36.0 Å². The summed E-state index contributed by atoms with van der Waals surface area (Å²) in [7, 11) is -1.72. The molecular formula is C21H28N6O2S. The Labute approximate surface area is 177 Å². The van der Waals surface area contributed by atoms with E-state index in [1.807, 2.05) is 19.1 Å². The van der Waals surface area contributed by atoms with Gasteiger partial charge in [-0.15, -0.1) is 4.36 Å². The van der Waals surface area contributed by atoms with Crippen LogP contribution in [0.15, 0.2) is 39.9 Å². The number of nitrogens with zero attached hydrogens (tertiary/aromatic N) is 4. The van der Waals surface area contributed by atoms with Crippen molar-refractivity contribution in [2.24, 2.45) is 16.5 Å². The SMILES string of the molecule is Cc1cc(C(C)C)c(NC(=O)N=S(N)(=O)c2cnc3c(cnn3C)c2)c(C(C)C)c1. The Morgan fingerprint density at radius 2 is 1.73 bits per heavy atom. The molecule has 2 amide bonds. The van der Waals surface area contributed by atoms with E-state index in [9.17, 15) is 9.00 Å². The zero-order valence-corrected chi connectivity index (χ0v) is 18.9. The fourth-order valence-electron chi connectivity index (χ4n) is 3.39. The van der Waals surface area contributed by atoms with E-state index in [2.05, 4.69) is 47.5 Å². The number of amides is 2. The summed E-state index contributed by atoms with van der Waals surface area (Å²) in [5, 5.41) is 13.6. The number of anilines is 1. The molecule has 8 nitrogen and oxygen atoms in total. The predicted molar refractivity (Wildman–Crippen MR) is 120 cm³/mol. The summed E-state index contributed by atoms with van der Waals surface area (Å²) >= 11 is 0. The standard InChI is InChI=1S/C21H28N6O2S/c1-12(2)17-7-14(5)8-18(13(3)4)19(17)25-21(28)26-30(22,29)16-9-15-10-24-27(6)20(15)23-11-16/h7-13H,1-6H3,(H3,22,25,26,28,29). The normalized spacial score (nSPS) is 13.6. The molecule has 0 radical (unpaired) electrons. The third kappa shape index (κ3) is 4.36. The first-order valence-corrected chi connectivity index (χ1v) is 11.4. The van der Waals surface area contributed by atoms with Crippen molar-refractivity contribution in [3.8, 4) is 0 Å². The van der Waals surface area contributed by atoms with Crippen LogP contribution in [0.4, 0.5) is 10.5 Å². The zero-order valence-electron chi connectivity index (χ0n) is 18.1. The van der Waals surface area contributed by atoms with E-state index < -0.39 is 15.9 Å². The number of hydrogen-bond donors (Lipinski definition) is 2. The van der Waals surface area contributed by atoms with E-state index in [4.69, 9.17) is 5.14 Å². The van der Waals surface area contributed by atoms with Crippen LogP contribution in [-0.2, 0) is 17.0 Å². The quantitative estimate of drug-likeness (QED) is 0.638. The average molecular weight is 429 g/mol. The first-order chi connectivity index (χ1) is 14.0. The van der Waals surface area contributed by atoms with Crippen molar-refractivity contribution in [1.82, 2.24) is 14.8 Å². The van der Waals surface area contributed by atoms with Gasteiger partial charge in [0, 0.05) is 24.3 Å². The Morgan fingerprint density at radius 3 is 2.30 bits per heavy atom. The lowest BCUT2D eigenvalue weighted by molar-refractivity contribution is 0.260. The number of fused-ring (bicyclic) bond motifs is 1. The lowest BCUT2D eigenvalue weighted by Gasteiger charge is -2.20. The monoisotopic (exact) mass is 428 g/mol. The van der Waals surface area contributed by atoms with Gasteiger partial charge in [-0.3, -0.25) is 4.68 Å². The Balaban J connectivity index is 2.00. The molecule has 3 N–H and O–H groups in total. The van der Waals surface area contributed by atoms with E-state index in [1.54, 1.807) is 24.0 Å². The van der Waals surface area contributed by atoms with Crippen molar-refractivity contribution in [2.75, 3.05) is 5.32 Å². The molecule has 0 fully saturated rings. The van der Waals surface area contributed by atoms with Crippen LogP contribution in [0.5, 0.6) is 0 Å². The number of nitrogens with two attached hydrogens (primary N) is 1. The highest BCUT2D eigenvalue weighted by atomic mass is 32.2. The number of pyridine rings is 1. The fraction of sp³-hybridized carbons (Fsp3) is 0.381. The summed E-state index contributed by atoms with van der Waals surface area (Å²) < 4.78 is 18.4. The maximum absolute atomic E-state index is 13.0. The summed E-state index contributed by atoms with van der Waals surface area (Å²) in [6.07, 6.45) is 2.96. The summed E-state index contributed by atoms with van der Waals surface area (Å²) in [5.74, 6) is 0.384. The molecule has 1 unspecified atom stereocenters. The number of carbonyl (C=O) groups is 1. The molecule has 2 aromatic heterocycles. The molecule has 0 bridgehead atoms. The molecule has 0 spiro atoms. The largest absolute Gasteiger partial charge is 0.354 e. The molecule has 0 aliphatic heterocycles. The zero-order chi connectivity index (χ0) is 22.2. The van der Waals surface area contributed by atoms with Crippen molar-refractivity contribution in [3.63, 3.8) is 0 Å². The van der Waals surface area contributed by atoms with Crippen LogP contribution in [0.1, 0.15) is 56.2 Å². The molecule has 160 valence electrons. The van der Waals surface area contributed by atoms with Gasteiger partial charge in [0.2, 0.25) is 0 Å². The van der Waals surface area contributed by atoms with Gasteiger partial charge in [0.1, 0.15) is 9.92 Å². The Kier molecular flexibility index (Phi) is 5.96. The van der Waals surface area contributed by atoms with E-state index in [0.29, 0.717) is 16.7 Å². The van der Waals surface area contributed by atoms with E-state index >= 15 is 0 Å². The van der Waals surface area contributed by atoms with Gasteiger partial charge in [0.05, 0.1) is 11.1 Å². The van der Waals surface area contributed by atoms with Crippen molar-refractivity contribution < 1.29 is 9.00 Å². The van der Waals surface area contributed by atoms with Gasteiger partial charge < -0.3 is 5.32 Å². The summed E-state index contributed by atoms with van der Waals surface area (Å²) in [4.78, 5) is 17.1. The predicted octanol–water partition coefficient (Wildman–Crippen LogP) is 4.46. The third-order valence-corrected chi connectivity index (χ3v) is 6.26. The first kappa shape index (κ1) is 21.9. The number of hydrogen-bond acceptors (Lipinski definition) is 4. The minimum atomic E-state index is -3.47. The molecule has 1 aromatic carbocycles. The molecule has 0 aliphatic rings. The lowest BCUT2D eigenvalue weighted by Crippen LogP contribution is -2.19. The first-order valence-electron chi connectivity index (χ1n) is 9.77. The topological polar surface area (TPSA) is 115 Å². The second-order valence-corrected chi connectivity index (χ2v) is 9.86. The van der Waals surface area contributed by atoms with Gasteiger partial charge in [-0.1, -0.05) is 45.4 Å². The second-order valence-electron chi connectivity index (χ2n) is 8.07. The van der Waals surface area contributed by atoms with Crippen LogP contribution < -0.4 is 10.5 Å². The number of rotatable bonds is 4. The summed E-state index contributed by atoms with van der Waals surface area (Å²) in [6.45, 7) is 10.3. The molecule has 2 heterocycles. The number of carbonyl (C=O) groups excluding carboxylic acids is 1. The maximum atomic E-state index is 13.0. The minimum Gasteiger partial charge on any atom is -0.305 e. The van der Waals surface area contributed by atoms with Crippen LogP contribution in [0.25, 0.3) is 11.0 Å². The van der Waals surface area contributed by atoms with Crippen molar-refractivity contribution >= 4 is 32.7 Å². The summed E-state index contributed by atoms with van der Waals surface area (Å²) in [5.41, 5.74) is 4.46. The molecule has 9 heteroatoms. The molecular weight excluding hydrogens is 400 g/mol. The minimum absolute atomic E-state index is 0.176. The highest BCUT2D eigenvalue weighted by Crippen LogP contribution is 2.34. The number of aromatic nitrogens is 3. The van der Waals surface area contributed by atoms with Crippen LogP contribution >= 0.6 is 0 Å². The van der Waals surface area contributed by atoms with Gasteiger partial charge in [-0.25, -0.2) is 19.1 Å². The van der Waals surface area contributed by atoms with E-state index in [-0.39, 0.29) is 16.7 Å². The van der Waals surface area contributed by atoms with Gasteiger partial charge in [0.25, 0.3) is 0 Å². The number of urea groups is 1. The number of aryl methyl sites for hydroxylation is 2. The molecule has 3 aromatic rings. The van der Waals surface area contributed by atoms with E-state index in [1.165, 1.54) is 6.20 Å². The average Bonchev–Trinajstić information content (AvgIpc) is 3.02. The Hall–Kier alpha value is -2.78. The van der Waals surface area contributed by atoms with Gasteiger partial charge in [0.15, 0.2) is 5.65 Å². The number of nitrogens with one attached hydrogen (secondary N) is 1. The van der Waals surface area contributed by atoms with Crippen LogP contribution in [0.3, 0.4) is 0 Å². The molecule has 3 rings (SSSR count). The van der Waals surface area contributed by atoms with Gasteiger partial charge >= 0.3 is 6.03 Å². The van der Waals surface area contributed by atoms with Crippen LogP contribution in [-0.4, -0.2) is 25.0 Å². The fourth-order valence-corrected chi connectivity index (χ4v) is 4.28. The van der Waals surface area contributed by atoms with E-state index in [0.717, 1.165) is 16.7 Å². The van der Waals surface area contributed by atoms with Crippen LogP contribution in [0.2, 0.25) is 0 Å². The van der Waals surface area contributed by atoms with Crippen molar-refractivity contribution in [2.45, 2.75) is 51.3 Å². The second kappa shape index (κ2) is 8.16. The molecule has 0 saturated heterocycles. The third-order valence-electron chi connectivity index (χ3n) is 4.92. The van der Waals surface area contributed by atoms with Crippen molar-refractivity contribution in [1.29, 1.82) is 0 Å². The van der Waals surface area contributed by atoms with Crippen LogP contribution in [0, 0.1) is 6.92 Å². The highest BCUT2D eigenvalue weighted by Gasteiger charge is 2.19. The highest BCUT2D eigenvalue weighted by molar-refractivity contribution is 7.91. The molecule has 0 saturated carbocycles. The van der Waals surface area contributed by atoms with Gasteiger partial charge in [-0.2, -0.15) is 5.10 Å². The molecule has 1 atom stereocenters.